The second kappa shape index (κ2) is 11.3. The monoisotopic (exact) mass is 603 g/mol. The average Bonchev–Trinajstić information content (AvgIpc) is 2.88. The summed E-state index contributed by atoms with van der Waals surface area (Å²) >= 11 is 12.0. The number of hydrogen-bond donors (Lipinski definition) is 3. The first-order chi connectivity index (χ1) is 18.3. The lowest BCUT2D eigenvalue weighted by Crippen LogP contribution is -2.17. The van der Waals surface area contributed by atoms with Gasteiger partial charge in [0.15, 0.2) is 0 Å². The molecule has 0 heterocycles. The summed E-state index contributed by atoms with van der Waals surface area (Å²) in [6.45, 7) is 3.78. The van der Waals surface area contributed by atoms with Gasteiger partial charge in [0.25, 0.3) is 26.0 Å². The van der Waals surface area contributed by atoms with E-state index in [0.717, 1.165) is 11.1 Å². The molecule has 4 rings (SSSR count). The van der Waals surface area contributed by atoms with Gasteiger partial charge in [0.1, 0.15) is 4.90 Å². The van der Waals surface area contributed by atoms with E-state index < -0.39 is 26.0 Å². The predicted octanol–water partition coefficient (Wildman–Crippen LogP) is 6.46. The molecule has 8 nitrogen and oxygen atoms in total. The molecular weight excluding hydrogens is 581 g/mol. The topological polar surface area (TPSA) is 121 Å². The second-order valence-corrected chi connectivity index (χ2v) is 12.8. The SMILES string of the molecule is Cc1ccc(NS(=O)(=O)c2cc(C(=O)Nc3ccc(S(=O)(=O)Nc4ccc(Cl)cc4)cc3)ccc2Cl)cc1C. The van der Waals surface area contributed by atoms with Crippen molar-refractivity contribution in [1.82, 2.24) is 0 Å². The maximum Gasteiger partial charge on any atom is 0.263 e. The van der Waals surface area contributed by atoms with Crippen LogP contribution in [-0.2, 0) is 20.0 Å². The van der Waals surface area contributed by atoms with Crippen LogP contribution in [0.25, 0.3) is 0 Å². The Bertz CT molecular complexity index is 1760. The molecule has 0 aromatic heterocycles. The van der Waals surface area contributed by atoms with E-state index in [1.165, 1.54) is 54.6 Å². The highest BCUT2D eigenvalue weighted by molar-refractivity contribution is 7.93. The van der Waals surface area contributed by atoms with E-state index in [9.17, 15) is 21.6 Å². The predicted molar refractivity (Wildman–Crippen MR) is 155 cm³/mol. The van der Waals surface area contributed by atoms with Crippen molar-refractivity contribution in [3.63, 3.8) is 0 Å². The highest BCUT2D eigenvalue weighted by Gasteiger charge is 2.21. The molecule has 0 saturated carbocycles. The first kappa shape index (κ1) is 28.4. The second-order valence-electron chi connectivity index (χ2n) is 8.64. The molecule has 3 N–H and O–H groups in total. The Labute approximate surface area is 237 Å². The third kappa shape index (κ3) is 6.90. The smallest absolute Gasteiger partial charge is 0.263 e. The normalized spacial score (nSPS) is 11.6. The zero-order valence-corrected chi connectivity index (χ0v) is 23.8. The molecule has 0 aliphatic carbocycles. The van der Waals surface area contributed by atoms with Gasteiger partial charge in [-0.25, -0.2) is 16.8 Å². The van der Waals surface area contributed by atoms with Gasteiger partial charge in [-0.1, -0.05) is 29.3 Å². The van der Waals surface area contributed by atoms with E-state index in [1.54, 1.807) is 30.3 Å². The van der Waals surface area contributed by atoms with E-state index in [-0.39, 0.29) is 20.4 Å². The Kier molecular flexibility index (Phi) is 8.22. The largest absolute Gasteiger partial charge is 0.322 e. The molecule has 4 aromatic carbocycles. The summed E-state index contributed by atoms with van der Waals surface area (Å²) in [6.07, 6.45) is 0. The van der Waals surface area contributed by atoms with Crippen molar-refractivity contribution < 1.29 is 21.6 Å². The number of nitrogens with one attached hydrogen (secondary N) is 3. The number of benzene rings is 4. The minimum atomic E-state index is -4.10. The molecule has 0 fully saturated rings. The van der Waals surface area contributed by atoms with Crippen molar-refractivity contribution in [2.45, 2.75) is 23.6 Å². The van der Waals surface area contributed by atoms with E-state index in [4.69, 9.17) is 23.2 Å². The number of halogens is 2. The molecule has 12 heteroatoms. The van der Waals surface area contributed by atoms with Crippen LogP contribution in [-0.4, -0.2) is 22.7 Å². The molecule has 0 atom stereocenters. The summed E-state index contributed by atoms with van der Waals surface area (Å²) < 4.78 is 56.3. The number of aryl methyl sites for hydroxylation is 2. The molecule has 0 unspecified atom stereocenters. The average molecular weight is 605 g/mol. The van der Waals surface area contributed by atoms with Gasteiger partial charge in [0, 0.05) is 27.6 Å². The first-order valence-corrected chi connectivity index (χ1v) is 15.2. The van der Waals surface area contributed by atoms with Gasteiger partial charge < -0.3 is 5.32 Å². The fourth-order valence-electron chi connectivity index (χ4n) is 3.52. The van der Waals surface area contributed by atoms with E-state index in [2.05, 4.69) is 14.8 Å². The van der Waals surface area contributed by atoms with Gasteiger partial charge in [-0.05, 0) is 104 Å². The Morgan fingerprint density at radius 2 is 1.23 bits per heavy atom. The molecule has 0 bridgehead atoms. The molecule has 0 radical (unpaired) electrons. The highest BCUT2D eigenvalue weighted by Crippen LogP contribution is 2.27. The number of hydrogen-bond acceptors (Lipinski definition) is 5. The van der Waals surface area contributed by atoms with Crippen LogP contribution in [0.5, 0.6) is 0 Å². The number of sulfonamides is 2. The standard InChI is InChI=1S/C27H23Cl2N3O5S2/c1-17-3-7-23(15-18(17)2)32-39(36,37)26-16-19(4-14-25(26)29)27(33)30-21-10-12-24(13-11-21)38(34,35)31-22-8-5-20(28)6-9-22/h3-16,31-32H,1-2H3,(H,30,33). The van der Waals surface area contributed by atoms with E-state index in [1.807, 2.05) is 13.8 Å². The van der Waals surface area contributed by atoms with Crippen LogP contribution < -0.4 is 14.8 Å². The zero-order valence-electron chi connectivity index (χ0n) is 20.7. The summed E-state index contributed by atoms with van der Waals surface area (Å²) in [5.74, 6) is -0.607. The van der Waals surface area contributed by atoms with Crippen molar-refractivity contribution in [1.29, 1.82) is 0 Å². The summed E-state index contributed by atoms with van der Waals surface area (Å²) in [7, 11) is -7.97. The van der Waals surface area contributed by atoms with Crippen LogP contribution in [0.4, 0.5) is 17.1 Å². The molecule has 202 valence electrons. The fourth-order valence-corrected chi connectivity index (χ4v) is 6.28. The number of amides is 1. The van der Waals surface area contributed by atoms with Crippen LogP contribution in [0.3, 0.4) is 0 Å². The molecule has 0 aliphatic rings. The van der Waals surface area contributed by atoms with Crippen LogP contribution in [0, 0.1) is 13.8 Å². The Morgan fingerprint density at radius 3 is 1.87 bits per heavy atom. The third-order valence-corrected chi connectivity index (χ3v) is 9.27. The van der Waals surface area contributed by atoms with Crippen LogP contribution >= 0.6 is 23.2 Å². The van der Waals surface area contributed by atoms with Gasteiger partial charge >= 0.3 is 0 Å². The number of rotatable bonds is 8. The quantitative estimate of drug-likeness (QED) is 0.213. The number of carbonyl (C=O) groups excluding carboxylic acids is 1. The lowest BCUT2D eigenvalue weighted by Gasteiger charge is -2.13. The molecule has 1 amide bonds. The fraction of sp³-hybridized carbons (Fsp3) is 0.0741. The van der Waals surface area contributed by atoms with Gasteiger partial charge in [-0.3, -0.25) is 14.2 Å². The Hall–Kier alpha value is -3.57. The van der Waals surface area contributed by atoms with Crippen molar-refractivity contribution in [2.75, 3.05) is 14.8 Å². The molecule has 0 saturated heterocycles. The van der Waals surface area contributed by atoms with Gasteiger partial charge in [-0.2, -0.15) is 0 Å². The maximum absolute atomic E-state index is 13.0. The maximum atomic E-state index is 13.0. The van der Waals surface area contributed by atoms with Crippen LogP contribution in [0.15, 0.2) is 94.7 Å². The van der Waals surface area contributed by atoms with Gasteiger partial charge in [-0.15, -0.1) is 0 Å². The van der Waals surface area contributed by atoms with Crippen LogP contribution in [0.2, 0.25) is 10.0 Å². The zero-order chi connectivity index (χ0) is 28.4. The highest BCUT2D eigenvalue weighted by atomic mass is 35.5. The van der Waals surface area contributed by atoms with Gasteiger partial charge in [0.2, 0.25) is 0 Å². The van der Waals surface area contributed by atoms with Crippen molar-refractivity contribution in [3.05, 3.63) is 112 Å². The lowest BCUT2D eigenvalue weighted by molar-refractivity contribution is 0.102. The van der Waals surface area contributed by atoms with E-state index in [0.29, 0.717) is 22.1 Å². The summed E-state index contributed by atoms with van der Waals surface area (Å²) in [5.41, 5.74) is 2.98. The van der Waals surface area contributed by atoms with Crippen LogP contribution in [0.1, 0.15) is 21.5 Å². The van der Waals surface area contributed by atoms with Crippen molar-refractivity contribution in [2.24, 2.45) is 0 Å². The summed E-state index contributed by atoms with van der Waals surface area (Å²) in [4.78, 5) is 12.6. The minimum absolute atomic E-state index is 0.0206. The van der Waals surface area contributed by atoms with Crippen molar-refractivity contribution in [3.8, 4) is 0 Å². The third-order valence-electron chi connectivity index (χ3n) is 5.76. The molecular formula is C27H23Cl2N3O5S2. The van der Waals surface area contributed by atoms with Gasteiger partial charge in [0.05, 0.1) is 9.92 Å². The molecule has 0 spiro atoms. The Morgan fingerprint density at radius 1 is 0.641 bits per heavy atom. The van der Waals surface area contributed by atoms with E-state index >= 15 is 0 Å². The van der Waals surface area contributed by atoms with Crippen molar-refractivity contribution >= 4 is 66.2 Å². The lowest BCUT2D eigenvalue weighted by atomic mass is 10.1. The Balaban J connectivity index is 1.49. The molecule has 4 aromatic rings. The number of carbonyl (C=O) groups is 1. The summed E-state index contributed by atoms with van der Waals surface area (Å²) in [6, 6.07) is 20.7. The number of anilines is 3. The summed E-state index contributed by atoms with van der Waals surface area (Å²) in [5, 5.41) is 3.05. The first-order valence-electron chi connectivity index (χ1n) is 11.4. The molecule has 0 aliphatic heterocycles. The molecule has 39 heavy (non-hydrogen) atoms. The minimum Gasteiger partial charge on any atom is -0.322 e.